The molecule has 0 heterocycles. The maximum Gasteiger partial charge on any atom is 0.123 e. The van der Waals surface area contributed by atoms with Crippen LogP contribution in [-0.4, -0.2) is 13.7 Å². The van der Waals surface area contributed by atoms with E-state index in [1.165, 1.54) is 0 Å². The van der Waals surface area contributed by atoms with Gasteiger partial charge in [-0.25, -0.2) is 0 Å². The minimum absolute atomic E-state index is 0.498. The first kappa shape index (κ1) is 11.0. The van der Waals surface area contributed by atoms with Gasteiger partial charge in [0.15, 0.2) is 0 Å². The average molecular weight is 195 g/mol. The van der Waals surface area contributed by atoms with E-state index in [9.17, 15) is 0 Å². The standard InChI is InChI=1S/C11H17NO2/c1-3-14-8-9-4-5-10(7-12)11(6-9)13-2/h4-6H,3,7-8,12H2,1-2H3. The Balaban J connectivity index is 2.79. The van der Waals surface area contributed by atoms with Gasteiger partial charge >= 0.3 is 0 Å². The van der Waals surface area contributed by atoms with Gasteiger partial charge in [0.1, 0.15) is 5.75 Å². The van der Waals surface area contributed by atoms with Crippen molar-refractivity contribution in [1.29, 1.82) is 0 Å². The van der Waals surface area contributed by atoms with Crippen LogP contribution in [-0.2, 0) is 17.9 Å². The van der Waals surface area contributed by atoms with Crippen LogP contribution < -0.4 is 10.5 Å². The Labute approximate surface area is 84.8 Å². The monoisotopic (exact) mass is 195 g/mol. The summed E-state index contributed by atoms with van der Waals surface area (Å²) in [5, 5.41) is 0. The number of methoxy groups -OCH3 is 1. The summed E-state index contributed by atoms with van der Waals surface area (Å²) in [7, 11) is 1.65. The second-order valence-electron chi connectivity index (χ2n) is 2.99. The molecule has 0 unspecified atom stereocenters. The Morgan fingerprint density at radius 1 is 1.36 bits per heavy atom. The summed E-state index contributed by atoms with van der Waals surface area (Å²) in [5.74, 6) is 0.838. The molecule has 0 saturated carbocycles. The van der Waals surface area contributed by atoms with Crippen LogP contribution in [0.15, 0.2) is 18.2 Å². The predicted octanol–water partition coefficient (Wildman–Crippen LogP) is 1.69. The zero-order chi connectivity index (χ0) is 10.4. The molecule has 3 heteroatoms. The topological polar surface area (TPSA) is 44.5 Å². The Morgan fingerprint density at radius 3 is 2.71 bits per heavy atom. The van der Waals surface area contributed by atoms with E-state index in [2.05, 4.69) is 0 Å². The van der Waals surface area contributed by atoms with E-state index in [-0.39, 0.29) is 0 Å². The van der Waals surface area contributed by atoms with Gasteiger partial charge in [-0.05, 0) is 18.6 Å². The number of rotatable bonds is 5. The van der Waals surface area contributed by atoms with E-state index >= 15 is 0 Å². The van der Waals surface area contributed by atoms with E-state index in [1.807, 2.05) is 25.1 Å². The van der Waals surface area contributed by atoms with E-state index in [1.54, 1.807) is 7.11 Å². The summed E-state index contributed by atoms with van der Waals surface area (Å²) < 4.78 is 10.5. The van der Waals surface area contributed by atoms with E-state index in [0.29, 0.717) is 13.2 Å². The first-order chi connectivity index (χ1) is 6.81. The third kappa shape index (κ3) is 2.72. The highest BCUT2D eigenvalue weighted by Gasteiger charge is 2.02. The number of nitrogens with two attached hydrogens (primary N) is 1. The Bertz CT molecular complexity index is 287. The third-order valence-corrected chi connectivity index (χ3v) is 2.04. The van der Waals surface area contributed by atoms with Crippen LogP contribution in [0.5, 0.6) is 5.75 Å². The number of benzene rings is 1. The van der Waals surface area contributed by atoms with Crippen molar-refractivity contribution in [2.45, 2.75) is 20.1 Å². The van der Waals surface area contributed by atoms with Crippen molar-refractivity contribution < 1.29 is 9.47 Å². The fourth-order valence-electron chi connectivity index (χ4n) is 1.27. The maximum absolute atomic E-state index is 5.57. The van der Waals surface area contributed by atoms with Crippen molar-refractivity contribution in [2.24, 2.45) is 5.73 Å². The van der Waals surface area contributed by atoms with Crippen molar-refractivity contribution in [3.05, 3.63) is 29.3 Å². The Morgan fingerprint density at radius 2 is 2.14 bits per heavy atom. The average Bonchev–Trinajstić information content (AvgIpc) is 2.25. The molecule has 0 radical (unpaired) electrons. The van der Waals surface area contributed by atoms with Crippen LogP contribution in [0.2, 0.25) is 0 Å². The molecule has 0 saturated heterocycles. The zero-order valence-corrected chi connectivity index (χ0v) is 8.75. The highest BCUT2D eigenvalue weighted by Crippen LogP contribution is 2.19. The minimum atomic E-state index is 0.498. The van der Waals surface area contributed by atoms with Crippen molar-refractivity contribution in [1.82, 2.24) is 0 Å². The SMILES string of the molecule is CCOCc1ccc(CN)c(OC)c1. The summed E-state index contributed by atoms with van der Waals surface area (Å²) in [6, 6.07) is 5.96. The van der Waals surface area contributed by atoms with Gasteiger partial charge in [-0.1, -0.05) is 12.1 Å². The van der Waals surface area contributed by atoms with Gasteiger partial charge in [0, 0.05) is 18.7 Å². The third-order valence-electron chi connectivity index (χ3n) is 2.04. The lowest BCUT2D eigenvalue weighted by Crippen LogP contribution is -2.01. The molecule has 0 aliphatic rings. The molecule has 14 heavy (non-hydrogen) atoms. The van der Waals surface area contributed by atoms with Crippen molar-refractivity contribution >= 4 is 0 Å². The van der Waals surface area contributed by atoms with Crippen LogP contribution in [0, 0.1) is 0 Å². The molecule has 0 aliphatic carbocycles. The molecule has 2 N–H and O–H groups in total. The van der Waals surface area contributed by atoms with E-state index < -0.39 is 0 Å². The van der Waals surface area contributed by atoms with Crippen LogP contribution >= 0.6 is 0 Å². The summed E-state index contributed by atoms with van der Waals surface area (Å²) in [6.45, 7) is 3.82. The molecule has 0 amide bonds. The molecule has 3 nitrogen and oxygen atoms in total. The van der Waals surface area contributed by atoms with Gasteiger partial charge in [0.25, 0.3) is 0 Å². The Kier molecular flexibility index (Phi) is 4.43. The lowest BCUT2D eigenvalue weighted by molar-refractivity contribution is 0.134. The largest absolute Gasteiger partial charge is 0.496 e. The molecule has 0 atom stereocenters. The van der Waals surface area contributed by atoms with Crippen LogP contribution in [0.4, 0.5) is 0 Å². The van der Waals surface area contributed by atoms with Gasteiger partial charge in [-0.15, -0.1) is 0 Å². The molecular weight excluding hydrogens is 178 g/mol. The summed E-state index contributed by atoms with van der Waals surface area (Å²) >= 11 is 0. The van der Waals surface area contributed by atoms with Crippen molar-refractivity contribution in [2.75, 3.05) is 13.7 Å². The zero-order valence-electron chi connectivity index (χ0n) is 8.75. The van der Waals surface area contributed by atoms with E-state index in [0.717, 1.165) is 23.5 Å². The second-order valence-corrected chi connectivity index (χ2v) is 2.99. The predicted molar refractivity (Wildman–Crippen MR) is 56.2 cm³/mol. The van der Waals surface area contributed by atoms with Gasteiger partial charge < -0.3 is 15.2 Å². The van der Waals surface area contributed by atoms with Crippen molar-refractivity contribution in [3.8, 4) is 5.75 Å². The van der Waals surface area contributed by atoms with Gasteiger partial charge in [0.2, 0.25) is 0 Å². The highest BCUT2D eigenvalue weighted by atomic mass is 16.5. The summed E-state index contributed by atoms with van der Waals surface area (Å²) in [5.41, 5.74) is 7.70. The van der Waals surface area contributed by atoms with Crippen LogP contribution in [0.3, 0.4) is 0 Å². The van der Waals surface area contributed by atoms with E-state index in [4.69, 9.17) is 15.2 Å². The molecule has 0 bridgehead atoms. The quantitative estimate of drug-likeness (QED) is 0.777. The molecule has 1 aromatic rings. The molecule has 0 aliphatic heterocycles. The molecule has 1 rings (SSSR count). The molecule has 78 valence electrons. The molecular formula is C11H17NO2. The number of hydrogen-bond donors (Lipinski definition) is 1. The smallest absolute Gasteiger partial charge is 0.123 e. The second kappa shape index (κ2) is 5.62. The van der Waals surface area contributed by atoms with Crippen LogP contribution in [0.1, 0.15) is 18.1 Å². The lowest BCUT2D eigenvalue weighted by Gasteiger charge is -2.09. The maximum atomic E-state index is 5.57. The minimum Gasteiger partial charge on any atom is -0.496 e. The van der Waals surface area contributed by atoms with Gasteiger partial charge in [-0.2, -0.15) is 0 Å². The first-order valence-corrected chi connectivity index (χ1v) is 4.75. The molecule has 0 fully saturated rings. The lowest BCUT2D eigenvalue weighted by atomic mass is 10.1. The van der Waals surface area contributed by atoms with Gasteiger partial charge in [-0.3, -0.25) is 0 Å². The molecule has 0 spiro atoms. The van der Waals surface area contributed by atoms with Crippen LogP contribution in [0.25, 0.3) is 0 Å². The number of ether oxygens (including phenoxy) is 2. The fourth-order valence-corrected chi connectivity index (χ4v) is 1.27. The van der Waals surface area contributed by atoms with Crippen molar-refractivity contribution in [3.63, 3.8) is 0 Å². The summed E-state index contributed by atoms with van der Waals surface area (Å²) in [6.07, 6.45) is 0. The summed E-state index contributed by atoms with van der Waals surface area (Å²) in [4.78, 5) is 0. The highest BCUT2D eigenvalue weighted by molar-refractivity contribution is 5.37. The molecule has 0 aromatic heterocycles. The Hall–Kier alpha value is -1.06. The first-order valence-electron chi connectivity index (χ1n) is 4.75. The van der Waals surface area contributed by atoms with Gasteiger partial charge in [0.05, 0.1) is 13.7 Å². The number of hydrogen-bond acceptors (Lipinski definition) is 3. The fraction of sp³-hybridized carbons (Fsp3) is 0.455. The molecule has 1 aromatic carbocycles. The normalized spacial score (nSPS) is 10.2.